The lowest BCUT2D eigenvalue weighted by molar-refractivity contribution is 0.414. The molecule has 0 saturated heterocycles. The fourth-order valence-corrected chi connectivity index (χ4v) is 1.81. The van der Waals surface area contributed by atoms with Crippen LogP contribution in [0, 0.1) is 0 Å². The molecule has 4 heteroatoms. The van der Waals surface area contributed by atoms with Crippen molar-refractivity contribution in [1.29, 1.82) is 0 Å². The highest BCUT2D eigenvalue weighted by molar-refractivity contribution is 9.10. The van der Waals surface area contributed by atoms with E-state index in [0.717, 1.165) is 36.3 Å². The summed E-state index contributed by atoms with van der Waals surface area (Å²) in [5.41, 5.74) is 1.23. The lowest BCUT2D eigenvalue weighted by Crippen LogP contribution is -2.19. The first-order chi connectivity index (χ1) is 7.77. The maximum absolute atomic E-state index is 5.20. The number of benzene rings is 1. The highest BCUT2D eigenvalue weighted by atomic mass is 79.9. The summed E-state index contributed by atoms with van der Waals surface area (Å²) in [6.07, 6.45) is 1.14. The molecule has 0 fully saturated rings. The van der Waals surface area contributed by atoms with Gasteiger partial charge in [-0.1, -0.05) is 15.9 Å². The number of hydrogen-bond donors (Lipinski definition) is 2. The van der Waals surface area contributed by atoms with E-state index < -0.39 is 0 Å². The van der Waals surface area contributed by atoms with Crippen LogP contribution in [-0.4, -0.2) is 27.2 Å². The molecule has 0 heterocycles. The molecule has 16 heavy (non-hydrogen) atoms. The zero-order valence-corrected chi connectivity index (χ0v) is 11.4. The number of methoxy groups -OCH3 is 1. The van der Waals surface area contributed by atoms with E-state index in [1.807, 2.05) is 19.2 Å². The monoisotopic (exact) mass is 286 g/mol. The number of rotatable bonds is 7. The second-order valence-corrected chi connectivity index (χ2v) is 4.45. The van der Waals surface area contributed by atoms with Gasteiger partial charge in [-0.15, -0.1) is 0 Å². The fraction of sp³-hybridized carbons (Fsp3) is 0.500. The van der Waals surface area contributed by atoms with Crippen molar-refractivity contribution < 1.29 is 4.74 Å². The average Bonchev–Trinajstić information content (AvgIpc) is 2.31. The van der Waals surface area contributed by atoms with Gasteiger partial charge >= 0.3 is 0 Å². The van der Waals surface area contributed by atoms with E-state index >= 15 is 0 Å². The van der Waals surface area contributed by atoms with Crippen molar-refractivity contribution in [2.45, 2.75) is 13.0 Å². The highest BCUT2D eigenvalue weighted by Gasteiger charge is 2.01. The lowest BCUT2D eigenvalue weighted by atomic mass is 10.2. The molecular formula is C12H19BrN2O. The average molecular weight is 287 g/mol. The Kier molecular flexibility index (Phi) is 6.45. The molecule has 0 bridgehead atoms. The van der Waals surface area contributed by atoms with Crippen LogP contribution in [0.1, 0.15) is 12.0 Å². The van der Waals surface area contributed by atoms with Crippen molar-refractivity contribution in [2.75, 3.05) is 27.2 Å². The molecule has 0 aliphatic heterocycles. The normalized spacial score (nSPS) is 10.4. The molecule has 2 N–H and O–H groups in total. The minimum absolute atomic E-state index is 0.863. The van der Waals surface area contributed by atoms with Crippen LogP contribution in [0.25, 0.3) is 0 Å². The van der Waals surface area contributed by atoms with E-state index in [0.29, 0.717) is 0 Å². The van der Waals surface area contributed by atoms with Gasteiger partial charge < -0.3 is 15.4 Å². The van der Waals surface area contributed by atoms with Gasteiger partial charge in [-0.25, -0.2) is 0 Å². The summed E-state index contributed by atoms with van der Waals surface area (Å²) < 4.78 is 6.32. The van der Waals surface area contributed by atoms with Gasteiger partial charge in [0.25, 0.3) is 0 Å². The van der Waals surface area contributed by atoms with Crippen LogP contribution in [0.3, 0.4) is 0 Å². The second kappa shape index (κ2) is 7.65. The third-order valence-corrected chi connectivity index (χ3v) is 3.12. The molecule has 0 aliphatic rings. The second-order valence-electron chi connectivity index (χ2n) is 3.59. The standard InChI is InChI=1S/C12H19BrN2O/c1-14-6-3-7-15-9-10-8-11(16-2)4-5-12(10)13/h4-5,8,14-15H,3,6-7,9H2,1-2H3. The van der Waals surface area contributed by atoms with Crippen molar-refractivity contribution in [2.24, 2.45) is 0 Å². The highest BCUT2D eigenvalue weighted by Crippen LogP contribution is 2.22. The molecular weight excluding hydrogens is 268 g/mol. The molecule has 1 rings (SSSR count). The van der Waals surface area contributed by atoms with Crippen molar-refractivity contribution in [3.8, 4) is 5.75 Å². The van der Waals surface area contributed by atoms with Gasteiger partial charge in [-0.2, -0.15) is 0 Å². The summed E-state index contributed by atoms with van der Waals surface area (Å²) in [5.74, 6) is 0.898. The minimum Gasteiger partial charge on any atom is -0.497 e. The Hall–Kier alpha value is -0.580. The van der Waals surface area contributed by atoms with E-state index in [4.69, 9.17) is 4.74 Å². The number of hydrogen-bond acceptors (Lipinski definition) is 3. The molecule has 0 unspecified atom stereocenters. The minimum atomic E-state index is 0.863. The Morgan fingerprint density at radius 3 is 2.81 bits per heavy atom. The molecule has 0 atom stereocenters. The van der Waals surface area contributed by atoms with Crippen molar-refractivity contribution >= 4 is 15.9 Å². The molecule has 0 aliphatic carbocycles. The third-order valence-electron chi connectivity index (χ3n) is 2.35. The molecule has 90 valence electrons. The van der Waals surface area contributed by atoms with Crippen LogP contribution in [0.2, 0.25) is 0 Å². The summed E-state index contributed by atoms with van der Waals surface area (Å²) in [6.45, 7) is 2.93. The first kappa shape index (κ1) is 13.5. The molecule has 0 spiro atoms. The molecule has 0 amide bonds. The molecule has 0 aromatic heterocycles. The largest absolute Gasteiger partial charge is 0.497 e. The van der Waals surface area contributed by atoms with Gasteiger partial charge in [0, 0.05) is 11.0 Å². The molecule has 1 aromatic carbocycles. The summed E-state index contributed by atoms with van der Waals surface area (Å²) in [5, 5.41) is 6.53. The van der Waals surface area contributed by atoms with E-state index in [2.05, 4.69) is 32.6 Å². The maximum Gasteiger partial charge on any atom is 0.119 e. The Morgan fingerprint density at radius 1 is 1.31 bits per heavy atom. The quantitative estimate of drug-likeness (QED) is 0.754. The molecule has 0 saturated carbocycles. The lowest BCUT2D eigenvalue weighted by Gasteiger charge is -2.08. The van der Waals surface area contributed by atoms with Crippen LogP contribution in [-0.2, 0) is 6.54 Å². The number of halogens is 1. The smallest absolute Gasteiger partial charge is 0.119 e. The first-order valence-corrected chi connectivity index (χ1v) is 6.25. The Balaban J connectivity index is 2.40. The Labute approximate surface area is 106 Å². The molecule has 0 radical (unpaired) electrons. The summed E-state index contributed by atoms with van der Waals surface area (Å²) in [7, 11) is 3.66. The molecule has 1 aromatic rings. The van der Waals surface area contributed by atoms with Crippen molar-refractivity contribution in [3.63, 3.8) is 0 Å². The van der Waals surface area contributed by atoms with Gasteiger partial charge in [0.2, 0.25) is 0 Å². The topological polar surface area (TPSA) is 33.3 Å². The van der Waals surface area contributed by atoms with E-state index in [1.54, 1.807) is 7.11 Å². The van der Waals surface area contributed by atoms with Gasteiger partial charge in [0.15, 0.2) is 0 Å². The van der Waals surface area contributed by atoms with Gasteiger partial charge in [0.1, 0.15) is 5.75 Å². The van der Waals surface area contributed by atoms with Crippen LogP contribution in [0.4, 0.5) is 0 Å². The van der Waals surface area contributed by atoms with Crippen LogP contribution in [0.15, 0.2) is 22.7 Å². The third kappa shape index (κ3) is 4.51. The predicted octanol–water partition coefficient (Wildman–Crippen LogP) is 2.16. The van der Waals surface area contributed by atoms with Crippen molar-refractivity contribution in [3.05, 3.63) is 28.2 Å². The SMILES string of the molecule is CNCCCNCc1cc(OC)ccc1Br. The summed E-state index contributed by atoms with van der Waals surface area (Å²) >= 11 is 3.53. The van der Waals surface area contributed by atoms with Crippen LogP contribution in [0.5, 0.6) is 5.75 Å². The van der Waals surface area contributed by atoms with Crippen molar-refractivity contribution in [1.82, 2.24) is 10.6 Å². The zero-order chi connectivity index (χ0) is 11.8. The Bertz CT molecular complexity index is 318. The van der Waals surface area contributed by atoms with E-state index in [1.165, 1.54) is 5.56 Å². The number of ether oxygens (including phenoxy) is 1. The van der Waals surface area contributed by atoms with E-state index in [-0.39, 0.29) is 0 Å². The predicted molar refractivity (Wildman–Crippen MR) is 70.9 cm³/mol. The van der Waals surface area contributed by atoms with Gasteiger partial charge in [-0.05, 0) is 50.3 Å². The summed E-state index contributed by atoms with van der Waals surface area (Å²) in [4.78, 5) is 0. The Morgan fingerprint density at radius 2 is 2.12 bits per heavy atom. The van der Waals surface area contributed by atoms with Gasteiger partial charge in [0.05, 0.1) is 7.11 Å². The maximum atomic E-state index is 5.20. The van der Waals surface area contributed by atoms with Gasteiger partial charge in [-0.3, -0.25) is 0 Å². The van der Waals surface area contributed by atoms with Crippen LogP contribution < -0.4 is 15.4 Å². The zero-order valence-electron chi connectivity index (χ0n) is 9.85. The van der Waals surface area contributed by atoms with E-state index in [9.17, 15) is 0 Å². The summed E-state index contributed by atoms with van der Waals surface area (Å²) in [6, 6.07) is 6.02. The molecule has 3 nitrogen and oxygen atoms in total. The number of nitrogens with one attached hydrogen (secondary N) is 2. The first-order valence-electron chi connectivity index (χ1n) is 5.45. The van der Waals surface area contributed by atoms with Crippen LogP contribution >= 0.6 is 15.9 Å². The fourth-order valence-electron chi connectivity index (χ4n) is 1.43.